The predicted octanol–water partition coefficient (Wildman–Crippen LogP) is 0.185. The van der Waals surface area contributed by atoms with Gasteiger partial charge in [-0.1, -0.05) is 0 Å². The van der Waals surface area contributed by atoms with Crippen LogP contribution in [0.1, 0.15) is 0 Å². The molecule has 0 aromatic heterocycles. The molecule has 1 heterocycles. The topological polar surface area (TPSA) is 52.9 Å². The van der Waals surface area contributed by atoms with E-state index in [1.54, 1.807) is 0 Å². The van der Waals surface area contributed by atoms with Crippen LogP contribution in [0.15, 0.2) is 4.99 Å². The number of carboxylic acids is 1. The first-order chi connectivity index (χ1) is 4.70. The quantitative estimate of drug-likeness (QED) is 0.560. The van der Waals surface area contributed by atoms with Crippen LogP contribution in [-0.2, 0) is 4.79 Å². The molecule has 1 aliphatic heterocycles. The number of nitrogens with zero attached hydrogens (tertiary/aromatic N) is 2. The lowest BCUT2D eigenvalue weighted by Gasteiger charge is -2.19. The van der Waals surface area contributed by atoms with Gasteiger partial charge in [-0.3, -0.25) is 14.2 Å². The van der Waals surface area contributed by atoms with E-state index in [1.807, 2.05) is 0 Å². The summed E-state index contributed by atoms with van der Waals surface area (Å²) in [6, 6.07) is 0. The summed E-state index contributed by atoms with van der Waals surface area (Å²) in [4.78, 5) is 14.1. The summed E-state index contributed by atoms with van der Waals surface area (Å²) in [6.07, 6.45) is 1.43. The van der Waals surface area contributed by atoms with Crippen molar-refractivity contribution in [3.63, 3.8) is 0 Å². The number of hydrogen-bond donors (Lipinski definition) is 1. The Morgan fingerprint density at radius 1 is 1.90 bits per heavy atom. The van der Waals surface area contributed by atoms with Crippen LogP contribution in [0.5, 0.6) is 0 Å². The number of hydrogen-bond acceptors (Lipinski definition) is 3. The fourth-order valence-corrected chi connectivity index (χ4v) is 0.963. The van der Waals surface area contributed by atoms with Crippen molar-refractivity contribution in [2.24, 2.45) is 10.9 Å². The minimum Gasteiger partial charge on any atom is -0.481 e. The first-order valence-electron chi connectivity index (χ1n) is 2.85. The van der Waals surface area contributed by atoms with E-state index in [4.69, 9.17) is 16.9 Å². The fourth-order valence-electron chi connectivity index (χ4n) is 0.735. The summed E-state index contributed by atoms with van der Waals surface area (Å²) in [5, 5.41) is 8.50. The lowest BCUT2D eigenvalue weighted by Crippen LogP contribution is -2.32. The average molecular weight is 163 g/mol. The molecule has 0 aromatic rings. The normalized spacial score (nSPS) is 24.9. The lowest BCUT2D eigenvalue weighted by atomic mass is 10.1. The first kappa shape index (κ1) is 7.34. The van der Waals surface area contributed by atoms with Gasteiger partial charge in [0.25, 0.3) is 0 Å². The summed E-state index contributed by atoms with van der Waals surface area (Å²) < 4.78 is 1.25. The van der Waals surface area contributed by atoms with Crippen LogP contribution in [0.25, 0.3) is 0 Å². The van der Waals surface area contributed by atoms with E-state index in [2.05, 4.69) is 4.99 Å². The van der Waals surface area contributed by atoms with Gasteiger partial charge < -0.3 is 5.11 Å². The summed E-state index contributed by atoms with van der Waals surface area (Å²) in [7, 11) is 0. The van der Waals surface area contributed by atoms with Gasteiger partial charge in [0, 0.05) is 11.8 Å². The molecule has 1 rings (SSSR count). The number of carbonyl (C=O) groups is 1. The highest BCUT2D eigenvalue weighted by Gasteiger charge is 2.21. The second-order valence-corrected chi connectivity index (χ2v) is 2.53. The Hall–Kier alpha value is -0.770. The van der Waals surface area contributed by atoms with Gasteiger partial charge in [0.15, 0.2) is 0 Å². The van der Waals surface area contributed by atoms with Crippen LogP contribution in [0, 0.1) is 5.92 Å². The Morgan fingerprint density at radius 2 is 2.60 bits per heavy atom. The van der Waals surface area contributed by atoms with Gasteiger partial charge in [0.1, 0.15) is 0 Å². The molecule has 10 heavy (non-hydrogen) atoms. The molecular formula is C5H7ClN2O2. The zero-order valence-corrected chi connectivity index (χ0v) is 5.95. The molecule has 0 fully saturated rings. The van der Waals surface area contributed by atoms with Crippen molar-refractivity contribution in [2.75, 3.05) is 13.1 Å². The number of aliphatic carboxylic acids is 1. The standard InChI is InChI=1S/C5H7ClN2O2/c6-8-2-4(5(9)10)1-7-3-8/h3-4H,1-2H2,(H,9,10). The SMILES string of the molecule is O=C(O)C1CN=CN(Cl)C1. The first-order valence-corrected chi connectivity index (χ1v) is 3.19. The van der Waals surface area contributed by atoms with Gasteiger partial charge >= 0.3 is 5.97 Å². The highest BCUT2D eigenvalue weighted by molar-refractivity contribution is 6.19. The smallest absolute Gasteiger partial charge is 0.310 e. The number of rotatable bonds is 1. The van der Waals surface area contributed by atoms with Gasteiger partial charge in [0.2, 0.25) is 0 Å². The maximum absolute atomic E-state index is 10.3. The maximum Gasteiger partial charge on any atom is 0.310 e. The highest BCUT2D eigenvalue weighted by Crippen LogP contribution is 2.07. The highest BCUT2D eigenvalue weighted by atomic mass is 35.5. The Kier molecular flexibility index (Phi) is 2.11. The molecule has 5 heteroatoms. The Labute approximate surface area is 63.2 Å². The van der Waals surface area contributed by atoms with Crippen LogP contribution in [0.2, 0.25) is 0 Å². The molecule has 0 radical (unpaired) electrons. The number of halogens is 1. The average Bonchev–Trinajstić information content (AvgIpc) is 1.88. The minimum atomic E-state index is -0.845. The monoisotopic (exact) mass is 162 g/mol. The van der Waals surface area contributed by atoms with Crippen molar-refractivity contribution in [3.05, 3.63) is 0 Å². The summed E-state index contributed by atoms with van der Waals surface area (Å²) in [5.74, 6) is -1.30. The molecule has 0 saturated carbocycles. The van der Waals surface area contributed by atoms with E-state index in [9.17, 15) is 4.79 Å². The summed E-state index contributed by atoms with van der Waals surface area (Å²) in [6.45, 7) is 0.666. The van der Waals surface area contributed by atoms with E-state index in [1.165, 1.54) is 10.8 Å². The van der Waals surface area contributed by atoms with E-state index < -0.39 is 11.9 Å². The zero-order valence-electron chi connectivity index (χ0n) is 5.20. The molecule has 56 valence electrons. The van der Waals surface area contributed by atoms with Gasteiger partial charge in [-0.15, -0.1) is 0 Å². The van der Waals surface area contributed by atoms with Crippen LogP contribution in [0.4, 0.5) is 0 Å². The van der Waals surface area contributed by atoms with Gasteiger partial charge in [-0.2, -0.15) is 0 Å². The van der Waals surface area contributed by atoms with Gasteiger partial charge in [-0.25, -0.2) is 0 Å². The van der Waals surface area contributed by atoms with Crippen molar-refractivity contribution in [3.8, 4) is 0 Å². The summed E-state index contributed by atoms with van der Waals surface area (Å²) in [5.41, 5.74) is 0. The molecule has 1 atom stereocenters. The van der Waals surface area contributed by atoms with Crippen molar-refractivity contribution in [1.82, 2.24) is 4.42 Å². The van der Waals surface area contributed by atoms with Gasteiger partial charge in [0.05, 0.1) is 25.3 Å². The van der Waals surface area contributed by atoms with Crippen LogP contribution in [-0.4, -0.2) is 34.9 Å². The van der Waals surface area contributed by atoms with E-state index in [0.717, 1.165) is 0 Å². The van der Waals surface area contributed by atoms with Crippen molar-refractivity contribution in [1.29, 1.82) is 0 Å². The molecule has 0 aliphatic carbocycles. The number of carboxylic acid groups (broad SMARTS) is 1. The van der Waals surface area contributed by atoms with Gasteiger partial charge in [-0.05, 0) is 0 Å². The van der Waals surface area contributed by atoms with E-state index in [0.29, 0.717) is 13.1 Å². The maximum atomic E-state index is 10.3. The summed E-state index contributed by atoms with van der Waals surface area (Å²) >= 11 is 5.48. The second kappa shape index (κ2) is 2.88. The molecule has 1 N–H and O–H groups in total. The van der Waals surface area contributed by atoms with E-state index in [-0.39, 0.29) is 0 Å². The lowest BCUT2D eigenvalue weighted by molar-refractivity contribution is -0.141. The molecular weight excluding hydrogens is 156 g/mol. The Morgan fingerprint density at radius 3 is 3.00 bits per heavy atom. The number of aliphatic imine (C=N–C) groups is 1. The second-order valence-electron chi connectivity index (χ2n) is 2.10. The van der Waals surface area contributed by atoms with Crippen LogP contribution >= 0.6 is 11.8 Å². The molecule has 0 aromatic carbocycles. The third kappa shape index (κ3) is 1.60. The molecule has 0 spiro atoms. The van der Waals surface area contributed by atoms with Crippen molar-refractivity contribution < 1.29 is 9.90 Å². The molecule has 0 saturated heterocycles. The predicted molar refractivity (Wildman–Crippen MR) is 37.0 cm³/mol. The third-order valence-corrected chi connectivity index (χ3v) is 1.50. The largest absolute Gasteiger partial charge is 0.481 e. The van der Waals surface area contributed by atoms with Crippen LogP contribution < -0.4 is 0 Å². The molecule has 4 nitrogen and oxygen atoms in total. The van der Waals surface area contributed by atoms with E-state index >= 15 is 0 Å². The fraction of sp³-hybridized carbons (Fsp3) is 0.600. The third-order valence-electron chi connectivity index (χ3n) is 1.28. The Bertz CT molecular complexity index is 171. The molecule has 1 aliphatic rings. The molecule has 1 unspecified atom stereocenters. The van der Waals surface area contributed by atoms with Crippen LogP contribution in [0.3, 0.4) is 0 Å². The molecule has 0 amide bonds. The van der Waals surface area contributed by atoms with Crippen molar-refractivity contribution in [2.45, 2.75) is 0 Å². The minimum absolute atomic E-state index is 0.332. The Balaban J connectivity index is 2.52. The zero-order chi connectivity index (χ0) is 7.56. The molecule has 0 bridgehead atoms. The van der Waals surface area contributed by atoms with Crippen molar-refractivity contribution >= 4 is 24.1 Å².